The zero-order valence-corrected chi connectivity index (χ0v) is 14.3. The molecular weight excluding hydrogens is 240 g/mol. The molecule has 0 amide bonds. The van der Waals surface area contributed by atoms with E-state index in [-0.39, 0.29) is 0 Å². The van der Waals surface area contributed by atoms with Crippen molar-refractivity contribution in [3.05, 3.63) is 13.8 Å². The first-order valence-electron chi connectivity index (χ1n) is 9.43. The molecule has 0 saturated carbocycles. The van der Waals surface area contributed by atoms with Crippen LogP contribution in [-0.2, 0) is 0 Å². The van der Waals surface area contributed by atoms with Crippen LogP contribution in [0.4, 0.5) is 0 Å². The number of unbranched alkanes of at least 4 members (excludes halogenated alkanes) is 12. The molecule has 0 aromatic heterocycles. The Labute approximate surface area is 130 Å². The maximum Gasteiger partial charge on any atom is -0.0414 e. The van der Waals surface area contributed by atoms with Gasteiger partial charge >= 0.3 is 0 Å². The molecule has 0 fully saturated rings. The minimum atomic E-state index is 0.715. The largest absolute Gasteiger partial charge is 0.0654 e. The second-order valence-corrected chi connectivity index (χ2v) is 6.54. The van der Waals surface area contributed by atoms with Crippen LogP contribution in [0.3, 0.4) is 0 Å². The molecule has 0 saturated heterocycles. The van der Waals surface area contributed by atoms with E-state index >= 15 is 0 Å². The van der Waals surface area contributed by atoms with Crippen LogP contribution in [0.2, 0.25) is 0 Å². The lowest BCUT2D eigenvalue weighted by Gasteiger charge is -2.10. The maximum absolute atomic E-state index is 4.32. The van der Waals surface area contributed by atoms with Crippen LogP contribution in [0, 0.1) is 19.8 Å². The summed E-state index contributed by atoms with van der Waals surface area (Å²) in [5, 5.41) is 0. The van der Waals surface area contributed by atoms with Crippen LogP contribution in [0.25, 0.3) is 0 Å². The molecule has 0 heterocycles. The summed E-state index contributed by atoms with van der Waals surface area (Å²) in [6.45, 7) is 10.5. The van der Waals surface area contributed by atoms with E-state index in [1.165, 1.54) is 96.3 Å². The van der Waals surface area contributed by atoms with Gasteiger partial charge in [0.05, 0.1) is 0 Å². The van der Waals surface area contributed by atoms with Crippen LogP contribution < -0.4 is 0 Å². The monoisotopic (exact) mass is 280 g/mol. The average Bonchev–Trinajstić information content (AvgIpc) is 2.45. The van der Waals surface area contributed by atoms with Crippen LogP contribution in [0.15, 0.2) is 0 Å². The smallest absolute Gasteiger partial charge is 0.0414 e. The molecule has 2 radical (unpaired) electrons. The van der Waals surface area contributed by atoms with E-state index in [0.717, 1.165) is 6.42 Å². The lowest BCUT2D eigenvalue weighted by Crippen LogP contribution is -1.95. The van der Waals surface area contributed by atoms with Gasteiger partial charge in [-0.25, -0.2) is 0 Å². The highest BCUT2D eigenvalue weighted by molar-refractivity contribution is 4.62. The summed E-state index contributed by atoms with van der Waals surface area (Å²) >= 11 is 0. The highest BCUT2D eigenvalue weighted by atomic mass is 14.1. The summed E-state index contributed by atoms with van der Waals surface area (Å²) in [5.41, 5.74) is 0. The molecule has 0 aromatic rings. The van der Waals surface area contributed by atoms with E-state index in [1.54, 1.807) is 0 Å². The third-order valence-electron chi connectivity index (χ3n) is 4.33. The van der Waals surface area contributed by atoms with Gasteiger partial charge in [-0.05, 0) is 5.92 Å². The Hall–Kier alpha value is 0. The van der Waals surface area contributed by atoms with Gasteiger partial charge in [-0.3, -0.25) is 0 Å². The number of hydrogen-bond acceptors (Lipinski definition) is 0. The number of hydrogen-bond donors (Lipinski definition) is 0. The minimum absolute atomic E-state index is 0.715. The molecule has 0 heteroatoms. The summed E-state index contributed by atoms with van der Waals surface area (Å²) in [4.78, 5) is 0. The first kappa shape index (κ1) is 20.0. The van der Waals surface area contributed by atoms with Gasteiger partial charge in [0.1, 0.15) is 0 Å². The van der Waals surface area contributed by atoms with E-state index in [1.807, 2.05) is 0 Å². The summed E-state index contributed by atoms with van der Waals surface area (Å²) in [5.74, 6) is 0.715. The quantitative estimate of drug-likeness (QED) is 0.256. The van der Waals surface area contributed by atoms with Crippen LogP contribution in [-0.4, -0.2) is 0 Å². The maximum atomic E-state index is 4.32. The zero-order valence-electron chi connectivity index (χ0n) is 14.3. The second kappa shape index (κ2) is 17.1. The SMILES string of the molecule is [CH2]CCCCCCCCCC([CH2])CCCCCCCC. The van der Waals surface area contributed by atoms with Gasteiger partial charge in [-0.1, -0.05) is 124 Å². The fourth-order valence-corrected chi connectivity index (χ4v) is 2.85. The summed E-state index contributed by atoms with van der Waals surface area (Å²) in [6.07, 6.45) is 22.1. The lowest BCUT2D eigenvalue weighted by molar-refractivity contribution is 0.462. The molecule has 0 aliphatic rings. The molecule has 0 nitrogen and oxygen atoms in total. The highest BCUT2D eigenvalue weighted by Gasteiger charge is 2.02. The molecule has 0 bridgehead atoms. The molecule has 0 aliphatic heterocycles. The van der Waals surface area contributed by atoms with Crippen molar-refractivity contribution in [2.45, 2.75) is 110 Å². The average molecular weight is 281 g/mol. The van der Waals surface area contributed by atoms with Crippen molar-refractivity contribution in [1.29, 1.82) is 0 Å². The summed E-state index contributed by atoms with van der Waals surface area (Å²) < 4.78 is 0. The van der Waals surface area contributed by atoms with Gasteiger partial charge < -0.3 is 0 Å². The first-order valence-corrected chi connectivity index (χ1v) is 9.43. The third kappa shape index (κ3) is 16.1. The van der Waals surface area contributed by atoms with Gasteiger partial charge in [0.15, 0.2) is 0 Å². The van der Waals surface area contributed by atoms with Crippen molar-refractivity contribution < 1.29 is 0 Å². The van der Waals surface area contributed by atoms with Gasteiger partial charge in [-0.2, -0.15) is 0 Å². The van der Waals surface area contributed by atoms with Gasteiger partial charge in [0, 0.05) is 0 Å². The Morgan fingerprint density at radius 3 is 1.45 bits per heavy atom. The summed E-state index contributed by atoms with van der Waals surface area (Å²) in [6, 6.07) is 0. The molecule has 0 aliphatic carbocycles. The topological polar surface area (TPSA) is 0 Å². The molecule has 1 unspecified atom stereocenters. The van der Waals surface area contributed by atoms with E-state index in [2.05, 4.69) is 20.8 Å². The van der Waals surface area contributed by atoms with Crippen molar-refractivity contribution in [3.63, 3.8) is 0 Å². The Morgan fingerprint density at radius 1 is 0.600 bits per heavy atom. The Bertz CT molecular complexity index is 161. The molecule has 0 rings (SSSR count). The van der Waals surface area contributed by atoms with Crippen LogP contribution in [0.5, 0.6) is 0 Å². The lowest BCUT2D eigenvalue weighted by atomic mass is 9.96. The molecule has 20 heavy (non-hydrogen) atoms. The Kier molecular flexibility index (Phi) is 17.1. The van der Waals surface area contributed by atoms with E-state index in [9.17, 15) is 0 Å². The molecule has 0 spiro atoms. The number of rotatable bonds is 16. The predicted octanol–water partition coefficient (Wildman–Crippen LogP) is 7.53. The first-order chi connectivity index (χ1) is 9.81. The Morgan fingerprint density at radius 2 is 1.00 bits per heavy atom. The standard InChI is InChI=1S/C20H40/c1-4-6-8-10-12-13-15-17-19-20(3)18-16-14-11-9-7-5-2/h20H,1,3-19H2,2H3. The van der Waals surface area contributed by atoms with Crippen molar-refractivity contribution in [3.8, 4) is 0 Å². The normalized spacial score (nSPS) is 12.8. The predicted molar refractivity (Wildman–Crippen MR) is 93.8 cm³/mol. The minimum Gasteiger partial charge on any atom is -0.0654 e. The second-order valence-electron chi connectivity index (χ2n) is 6.54. The van der Waals surface area contributed by atoms with Gasteiger partial charge in [-0.15, -0.1) is 0 Å². The summed E-state index contributed by atoms with van der Waals surface area (Å²) in [7, 11) is 0. The zero-order chi connectivity index (χ0) is 14.9. The van der Waals surface area contributed by atoms with Crippen LogP contribution in [0.1, 0.15) is 110 Å². The van der Waals surface area contributed by atoms with E-state index in [4.69, 9.17) is 0 Å². The van der Waals surface area contributed by atoms with Crippen LogP contribution >= 0.6 is 0 Å². The van der Waals surface area contributed by atoms with Gasteiger partial charge in [0.2, 0.25) is 0 Å². The third-order valence-corrected chi connectivity index (χ3v) is 4.33. The molecular formula is C20H40. The van der Waals surface area contributed by atoms with Crippen molar-refractivity contribution in [1.82, 2.24) is 0 Å². The van der Waals surface area contributed by atoms with Crippen molar-refractivity contribution in [2.75, 3.05) is 0 Å². The molecule has 0 aromatic carbocycles. The molecule has 120 valence electrons. The Balaban J connectivity index is 3.10. The fourth-order valence-electron chi connectivity index (χ4n) is 2.85. The van der Waals surface area contributed by atoms with Crippen molar-refractivity contribution in [2.24, 2.45) is 5.92 Å². The van der Waals surface area contributed by atoms with E-state index < -0.39 is 0 Å². The fraction of sp³-hybridized carbons (Fsp3) is 0.900. The van der Waals surface area contributed by atoms with Crippen molar-refractivity contribution >= 4 is 0 Å². The highest BCUT2D eigenvalue weighted by Crippen LogP contribution is 2.18. The molecule has 1 atom stereocenters. The van der Waals surface area contributed by atoms with E-state index in [0.29, 0.717) is 5.92 Å². The molecule has 0 N–H and O–H groups in total. The van der Waals surface area contributed by atoms with Gasteiger partial charge in [0.25, 0.3) is 0 Å².